The molecule has 0 aliphatic carbocycles. The quantitative estimate of drug-likeness (QED) is 0.461. The number of phenolic OH excluding ortho intramolecular Hbond substituents is 1. The SMILES string of the molecule is COC(=O)C(Cc1ccc(O)cc1)N/C(C)=C\C(=O)c1ccccc1. The highest BCUT2D eigenvalue weighted by Gasteiger charge is 2.20. The number of ether oxygens (including phenoxy) is 1. The van der Waals surface area contributed by atoms with Crippen LogP contribution in [0.4, 0.5) is 0 Å². The summed E-state index contributed by atoms with van der Waals surface area (Å²) in [5.41, 5.74) is 2.02. The number of phenols is 1. The molecule has 0 aliphatic heterocycles. The number of allylic oxidation sites excluding steroid dienone is 2. The predicted octanol–water partition coefficient (Wildman–Crippen LogP) is 2.85. The van der Waals surface area contributed by atoms with E-state index in [1.54, 1.807) is 55.5 Å². The maximum absolute atomic E-state index is 12.2. The number of hydrogen-bond acceptors (Lipinski definition) is 5. The van der Waals surface area contributed by atoms with E-state index >= 15 is 0 Å². The summed E-state index contributed by atoms with van der Waals surface area (Å²) in [5, 5.41) is 12.4. The van der Waals surface area contributed by atoms with Gasteiger partial charge in [-0.05, 0) is 24.6 Å². The first kappa shape index (κ1) is 18.3. The van der Waals surface area contributed by atoms with E-state index in [2.05, 4.69) is 5.32 Å². The van der Waals surface area contributed by atoms with E-state index in [0.717, 1.165) is 5.56 Å². The van der Waals surface area contributed by atoms with Crippen LogP contribution in [-0.4, -0.2) is 30.0 Å². The highest BCUT2D eigenvalue weighted by molar-refractivity contribution is 6.04. The van der Waals surface area contributed by atoms with Crippen molar-refractivity contribution in [2.75, 3.05) is 7.11 Å². The van der Waals surface area contributed by atoms with E-state index in [0.29, 0.717) is 17.7 Å². The molecule has 0 aromatic heterocycles. The Morgan fingerprint density at radius 1 is 1.12 bits per heavy atom. The average molecular weight is 339 g/mol. The van der Waals surface area contributed by atoms with Gasteiger partial charge < -0.3 is 15.2 Å². The highest BCUT2D eigenvalue weighted by Crippen LogP contribution is 2.12. The predicted molar refractivity (Wildman–Crippen MR) is 95.3 cm³/mol. The van der Waals surface area contributed by atoms with Crippen molar-refractivity contribution in [1.29, 1.82) is 0 Å². The van der Waals surface area contributed by atoms with Crippen molar-refractivity contribution >= 4 is 11.8 Å². The zero-order valence-electron chi connectivity index (χ0n) is 14.2. The first-order valence-electron chi connectivity index (χ1n) is 7.89. The number of rotatable bonds is 7. The van der Waals surface area contributed by atoms with Gasteiger partial charge in [0.05, 0.1) is 7.11 Å². The molecule has 0 spiro atoms. The van der Waals surface area contributed by atoms with Gasteiger partial charge in [-0.1, -0.05) is 42.5 Å². The molecule has 5 heteroatoms. The zero-order valence-corrected chi connectivity index (χ0v) is 14.2. The lowest BCUT2D eigenvalue weighted by molar-refractivity contribution is -0.142. The summed E-state index contributed by atoms with van der Waals surface area (Å²) in [5.74, 6) is -0.400. The molecule has 2 rings (SSSR count). The van der Waals surface area contributed by atoms with Gasteiger partial charge in [-0.15, -0.1) is 0 Å². The number of nitrogens with one attached hydrogen (secondary N) is 1. The second-order valence-electron chi connectivity index (χ2n) is 5.65. The Hall–Kier alpha value is -3.08. The van der Waals surface area contributed by atoms with Crippen molar-refractivity contribution in [1.82, 2.24) is 5.32 Å². The molecule has 0 bridgehead atoms. The molecule has 0 heterocycles. The Labute approximate surface area is 146 Å². The number of benzene rings is 2. The van der Waals surface area contributed by atoms with Crippen LogP contribution in [0.25, 0.3) is 0 Å². The molecule has 130 valence electrons. The van der Waals surface area contributed by atoms with Crippen LogP contribution in [0.2, 0.25) is 0 Å². The normalized spacial score (nSPS) is 12.3. The van der Waals surface area contributed by atoms with Gasteiger partial charge >= 0.3 is 5.97 Å². The minimum absolute atomic E-state index is 0.140. The van der Waals surface area contributed by atoms with Crippen LogP contribution < -0.4 is 5.32 Å². The molecule has 5 nitrogen and oxygen atoms in total. The molecular weight excluding hydrogens is 318 g/mol. The Kier molecular flexibility index (Phi) is 6.34. The van der Waals surface area contributed by atoms with Crippen LogP contribution in [0.15, 0.2) is 66.4 Å². The average Bonchev–Trinajstić information content (AvgIpc) is 2.63. The monoisotopic (exact) mass is 339 g/mol. The summed E-state index contributed by atoms with van der Waals surface area (Å²) in [4.78, 5) is 24.2. The van der Waals surface area contributed by atoms with Gasteiger partial charge in [-0.2, -0.15) is 0 Å². The molecule has 0 radical (unpaired) electrons. The second kappa shape index (κ2) is 8.68. The molecule has 1 unspecified atom stereocenters. The number of hydrogen-bond donors (Lipinski definition) is 2. The van der Waals surface area contributed by atoms with Gasteiger partial charge in [-0.3, -0.25) is 4.79 Å². The largest absolute Gasteiger partial charge is 0.508 e. The van der Waals surface area contributed by atoms with Crippen LogP contribution in [0.5, 0.6) is 5.75 Å². The smallest absolute Gasteiger partial charge is 0.328 e. The first-order valence-corrected chi connectivity index (χ1v) is 7.89. The van der Waals surface area contributed by atoms with E-state index < -0.39 is 12.0 Å². The van der Waals surface area contributed by atoms with E-state index in [1.807, 2.05) is 6.07 Å². The van der Waals surface area contributed by atoms with Crippen molar-refractivity contribution in [3.8, 4) is 5.75 Å². The summed E-state index contributed by atoms with van der Waals surface area (Å²) in [6, 6.07) is 14.9. The molecule has 0 saturated heterocycles. The lowest BCUT2D eigenvalue weighted by atomic mass is 10.0. The van der Waals surface area contributed by atoms with Crippen molar-refractivity contribution in [3.63, 3.8) is 0 Å². The van der Waals surface area contributed by atoms with Gasteiger partial charge in [0.2, 0.25) is 0 Å². The Bertz CT molecular complexity index is 751. The van der Waals surface area contributed by atoms with Gasteiger partial charge in [0.25, 0.3) is 0 Å². The molecule has 2 N–H and O–H groups in total. The third-order valence-electron chi connectivity index (χ3n) is 3.67. The topological polar surface area (TPSA) is 75.6 Å². The van der Waals surface area contributed by atoms with Gasteiger partial charge in [0.15, 0.2) is 5.78 Å². The Morgan fingerprint density at radius 2 is 1.76 bits per heavy atom. The molecule has 0 aliphatic rings. The summed E-state index contributed by atoms with van der Waals surface area (Å²) in [6.07, 6.45) is 1.83. The minimum Gasteiger partial charge on any atom is -0.508 e. The van der Waals surface area contributed by atoms with E-state index in [9.17, 15) is 14.7 Å². The molecule has 1 atom stereocenters. The van der Waals surface area contributed by atoms with Crippen molar-refractivity contribution in [2.24, 2.45) is 0 Å². The van der Waals surface area contributed by atoms with Crippen LogP contribution in [0.1, 0.15) is 22.8 Å². The summed E-state index contributed by atoms with van der Waals surface area (Å²) < 4.78 is 4.84. The molecule has 0 fully saturated rings. The van der Waals surface area contributed by atoms with Crippen LogP contribution in [0, 0.1) is 0 Å². The lowest BCUT2D eigenvalue weighted by Gasteiger charge is -2.18. The number of aromatic hydroxyl groups is 1. The Morgan fingerprint density at radius 3 is 2.36 bits per heavy atom. The van der Waals surface area contributed by atoms with Crippen LogP contribution in [-0.2, 0) is 16.0 Å². The number of ketones is 1. The number of carbonyl (C=O) groups is 2. The molecule has 25 heavy (non-hydrogen) atoms. The summed E-state index contributed by atoms with van der Waals surface area (Å²) in [6.45, 7) is 1.73. The number of methoxy groups -OCH3 is 1. The van der Waals surface area contributed by atoms with Crippen LogP contribution >= 0.6 is 0 Å². The fourth-order valence-electron chi connectivity index (χ4n) is 2.40. The van der Waals surface area contributed by atoms with Gasteiger partial charge in [0, 0.05) is 23.8 Å². The lowest BCUT2D eigenvalue weighted by Crippen LogP contribution is -2.38. The number of esters is 1. The third-order valence-corrected chi connectivity index (χ3v) is 3.67. The fourth-order valence-corrected chi connectivity index (χ4v) is 2.40. The maximum Gasteiger partial charge on any atom is 0.328 e. The Balaban J connectivity index is 2.10. The van der Waals surface area contributed by atoms with E-state index in [1.165, 1.54) is 13.2 Å². The molecular formula is C20H21NO4. The minimum atomic E-state index is -0.630. The third kappa shape index (κ3) is 5.49. The second-order valence-corrected chi connectivity index (χ2v) is 5.65. The maximum atomic E-state index is 12.2. The molecule has 0 saturated carbocycles. The highest BCUT2D eigenvalue weighted by atomic mass is 16.5. The van der Waals surface area contributed by atoms with Gasteiger partial charge in [-0.25, -0.2) is 4.79 Å². The zero-order chi connectivity index (χ0) is 18.2. The van der Waals surface area contributed by atoms with Crippen molar-refractivity contribution in [2.45, 2.75) is 19.4 Å². The fraction of sp³-hybridized carbons (Fsp3) is 0.200. The first-order chi connectivity index (χ1) is 12.0. The molecule has 2 aromatic rings. The van der Waals surface area contributed by atoms with Crippen molar-refractivity contribution < 1.29 is 19.4 Å². The van der Waals surface area contributed by atoms with Crippen molar-refractivity contribution in [3.05, 3.63) is 77.5 Å². The molecule has 0 amide bonds. The van der Waals surface area contributed by atoms with E-state index in [4.69, 9.17) is 4.74 Å². The standard InChI is InChI=1S/C20H21NO4/c1-14(12-19(23)16-6-4-3-5-7-16)21-18(20(24)25-2)13-15-8-10-17(22)11-9-15/h3-12,18,21-22H,13H2,1-2H3/b14-12-. The summed E-state index contributed by atoms with van der Waals surface area (Å²) in [7, 11) is 1.32. The van der Waals surface area contributed by atoms with E-state index in [-0.39, 0.29) is 11.5 Å². The summed E-state index contributed by atoms with van der Waals surface area (Å²) >= 11 is 0. The molecule has 2 aromatic carbocycles. The number of carbonyl (C=O) groups excluding carboxylic acids is 2. The van der Waals surface area contributed by atoms with Gasteiger partial charge in [0.1, 0.15) is 11.8 Å². The van der Waals surface area contributed by atoms with Crippen LogP contribution in [0.3, 0.4) is 0 Å².